The van der Waals surface area contributed by atoms with Crippen LogP contribution in [0.25, 0.3) is 0 Å². The van der Waals surface area contributed by atoms with Crippen LogP contribution in [-0.4, -0.2) is 6.61 Å². The summed E-state index contributed by atoms with van der Waals surface area (Å²) in [5, 5.41) is 0. The van der Waals surface area contributed by atoms with Crippen LogP contribution in [0.3, 0.4) is 0 Å². The van der Waals surface area contributed by atoms with Gasteiger partial charge in [-0.15, -0.1) is 0 Å². The molecule has 15 heavy (non-hydrogen) atoms. The van der Waals surface area contributed by atoms with Crippen molar-refractivity contribution in [2.24, 2.45) is 5.73 Å². The van der Waals surface area contributed by atoms with Gasteiger partial charge in [0.2, 0.25) is 0 Å². The van der Waals surface area contributed by atoms with Crippen molar-refractivity contribution in [2.75, 3.05) is 6.61 Å². The summed E-state index contributed by atoms with van der Waals surface area (Å²) in [6.45, 7) is 2.05. The lowest BCUT2D eigenvalue weighted by Gasteiger charge is -2.09. The van der Waals surface area contributed by atoms with E-state index in [0.29, 0.717) is 17.9 Å². The van der Waals surface area contributed by atoms with Gasteiger partial charge >= 0.3 is 0 Å². The highest BCUT2D eigenvalue weighted by Gasteiger charge is 2.07. The molecule has 0 heterocycles. The Kier molecular flexibility index (Phi) is 4.59. The molecular weight excluding hydrogens is 217 g/mol. The second-order valence-electron chi connectivity index (χ2n) is 3.14. The maximum atomic E-state index is 13.4. The topological polar surface area (TPSA) is 35.2 Å². The van der Waals surface area contributed by atoms with E-state index < -0.39 is 0 Å². The van der Waals surface area contributed by atoms with Gasteiger partial charge < -0.3 is 10.5 Å². The molecule has 1 aromatic rings. The predicted octanol–water partition coefficient (Wildman–Crippen LogP) is 2.98. The number of ether oxygens (including phenoxy) is 1. The number of benzene rings is 1. The van der Waals surface area contributed by atoms with Crippen LogP contribution in [0.5, 0.6) is 5.75 Å². The fourth-order valence-electron chi connectivity index (χ4n) is 1.15. The van der Waals surface area contributed by atoms with Gasteiger partial charge in [0, 0.05) is 23.2 Å². The van der Waals surface area contributed by atoms with Crippen LogP contribution >= 0.6 is 11.6 Å². The summed E-state index contributed by atoms with van der Waals surface area (Å²) in [5.74, 6) is 0.115. The molecule has 2 nitrogen and oxygen atoms in total. The minimum Gasteiger partial charge on any atom is -0.489 e. The Morgan fingerprint density at radius 3 is 2.87 bits per heavy atom. The van der Waals surface area contributed by atoms with E-state index in [1.54, 1.807) is 25.1 Å². The third-order valence-electron chi connectivity index (χ3n) is 1.90. The maximum Gasteiger partial charge on any atom is 0.131 e. The maximum absolute atomic E-state index is 13.4. The minimum atomic E-state index is -0.350. The van der Waals surface area contributed by atoms with Gasteiger partial charge in [-0.2, -0.15) is 0 Å². The van der Waals surface area contributed by atoms with Crippen LogP contribution in [0.4, 0.5) is 4.39 Å². The van der Waals surface area contributed by atoms with E-state index in [1.807, 2.05) is 0 Å². The van der Waals surface area contributed by atoms with Crippen molar-refractivity contribution in [1.82, 2.24) is 0 Å². The normalized spacial score (nSPS) is 13.1. The Hall–Kier alpha value is -1.06. The van der Waals surface area contributed by atoms with E-state index in [2.05, 4.69) is 0 Å². The first-order valence-corrected chi connectivity index (χ1v) is 5.02. The number of rotatable bonds is 4. The highest BCUT2D eigenvalue weighted by atomic mass is 35.5. The Balaban J connectivity index is 2.73. The van der Waals surface area contributed by atoms with Crippen LogP contribution < -0.4 is 10.5 Å². The van der Waals surface area contributed by atoms with Crippen molar-refractivity contribution < 1.29 is 9.13 Å². The summed E-state index contributed by atoms with van der Waals surface area (Å²) in [6, 6.07) is 4.31. The Labute approximate surface area is 93.5 Å². The molecule has 0 fully saturated rings. The van der Waals surface area contributed by atoms with Crippen LogP contribution in [0.1, 0.15) is 18.5 Å². The number of hydrogen-bond donors (Lipinski definition) is 1. The zero-order valence-corrected chi connectivity index (χ0v) is 9.17. The molecule has 0 aliphatic rings. The minimum absolute atomic E-state index is 0.318. The molecule has 0 bridgehead atoms. The molecule has 0 saturated heterocycles. The summed E-state index contributed by atoms with van der Waals surface area (Å²) in [4.78, 5) is 0. The van der Waals surface area contributed by atoms with E-state index >= 15 is 0 Å². The van der Waals surface area contributed by atoms with E-state index in [9.17, 15) is 4.39 Å². The molecule has 0 unspecified atom stereocenters. The molecule has 0 amide bonds. The average molecular weight is 230 g/mol. The van der Waals surface area contributed by atoms with Crippen molar-refractivity contribution in [3.63, 3.8) is 0 Å². The number of nitrogens with two attached hydrogens (primary N) is 1. The molecule has 0 aliphatic carbocycles. The zero-order chi connectivity index (χ0) is 11.3. The average Bonchev–Trinajstić information content (AvgIpc) is 2.17. The Morgan fingerprint density at radius 2 is 2.33 bits per heavy atom. The third kappa shape index (κ3) is 3.53. The predicted molar refractivity (Wildman–Crippen MR) is 59.5 cm³/mol. The van der Waals surface area contributed by atoms with Crippen LogP contribution in [0, 0.1) is 5.82 Å². The summed E-state index contributed by atoms with van der Waals surface area (Å²) >= 11 is 5.31. The zero-order valence-electron chi connectivity index (χ0n) is 8.41. The van der Waals surface area contributed by atoms with Gasteiger partial charge in [-0.05, 0) is 19.1 Å². The molecule has 1 aromatic carbocycles. The van der Waals surface area contributed by atoms with E-state index in [4.69, 9.17) is 22.1 Å². The second-order valence-corrected chi connectivity index (χ2v) is 3.40. The van der Waals surface area contributed by atoms with E-state index in [1.165, 1.54) is 11.6 Å². The molecule has 0 radical (unpaired) electrons. The lowest BCUT2D eigenvalue weighted by molar-refractivity contribution is 0.360. The smallest absolute Gasteiger partial charge is 0.131 e. The molecular formula is C11H13ClFNO. The van der Waals surface area contributed by atoms with Gasteiger partial charge in [0.25, 0.3) is 0 Å². The molecule has 82 valence electrons. The molecule has 2 N–H and O–H groups in total. The first kappa shape index (κ1) is 12.0. The van der Waals surface area contributed by atoms with Crippen LogP contribution in [-0.2, 0) is 0 Å². The standard InChI is InChI=1S/C11H13ClFNO/c1-8(14)10-4-3-9(7-11(10)13)15-6-2-5-12/h2-5,7-8H,6,14H2,1H3/b5-2+/t8-/m0/s1. The van der Waals surface area contributed by atoms with Gasteiger partial charge in [0.05, 0.1) is 0 Å². The first-order chi connectivity index (χ1) is 7.15. The SMILES string of the molecule is C[C@H](N)c1ccc(OC/C=C/Cl)cc1F. The van der Waals surface area contributed by atoms with E-state index in [-0.39, 0.29) is 11.9 Å². The summed E-state index contributed by atoms with van der Waals surface area (Å²) < 4.78 is 18.6. The molecule has 0 aromatic heterocycles. The fourth-order valence-corrected chi connectivity index (χ4v) is 1.22. The van der Waals surface area contributed by atoms with E-state index in [0.717, 1.165) is 0 Å². The van der Waals surface area contributed by atoms with Crippen LogP contribution in [0.2, 0.25) is 0 Å². The molecule has 0 spiro atoms. The number of halogens is 2. The van der Waals surface area contributed by atoms with Gasteiger partial charge in [-0.1, -0.05) is 17.7 Å². The molecule has 1 atom stereocenters. The fraction of sp³-hybridized carbons (Fsp3) is 0.273. The quantitative estimate of drug-likeness (QED) is 0.862. The molecule has 4 heteroatoms. The second kappa shape index (κ2) is 5.73. The van der Waals surface area contributed by atoms with Crippen molar-refractivity contribution in [1.29, 1.82) is 0 Å². The highest BCUT2D eigenvalue weighted by molar-refractivity contribution is 6.25. The summed E-state index contributed by atoms with van der Waals surface area (Å²) in [6.07, 6.45) is 1.62. The monoisotopic (exact) mass is 229 g/mol. The lowest BCUT2D eigenvalue weighted by atomic mass is 10.1. The molecule has 1 rings (SSSR count). The highest BCUT2D eigenvalue weighted by Crippen LogP contribution is 2.20. The Bertz CT molecular complexity index is 352. The van der Waals surface area contributed by atoms with Crippen molar-refractivity contribution in [3.05, 3.63) is 41.2 Å². The van der Waals surface area contributed by atoms with Gasteiger partial charge in [0.1, 0.15) is 18.2 Å². The molecule has 0 aliphatic heterocycles. The van der Waals surface area contributed by atoms with Gasteiger partial charge in [-0.25, -0.2) is 4.39 Å². The van der Waals surface area contributed by atoms with Crippen molar-refractivity contribution in [2.45, 2.75) is 13.0 Å². The Morgan fingerprint density at radius 1 is 1.60 bits per heavy atom. The van der Waals surface area contributed by atoms with Gasteiger partial charge in [-0.3, -0.25) is 0 Å². The van der Waals surface area contributed by atoms with Crippen molar-refractivity contribution >= 4 is 11.6 Å². The number of hydrogen-bond acceptors (Lipinski definition) is 2. The summed E-state index contributed by atoms with van der Waals surface area (Å²) in [7, 11) is 0. The van der Waals surface area contributed by atoms with Crippen LogP contribution in [0.15, 0.2) is 29.8 Å². The van der Waals surface area contributed by atoms with Gasteiger partial charge in [0.15, 0.2) is 0 Å². The first-order valence-electron chi connectivity index (χ1n) is 4.58. The summed E-state index contributed by atoms with van der Waals surface area (Å²) in [5.41, 5.74) is 7.41. The lowest BCUT2D eigenvalue weighted by Crippen LogP contribution is -2.07. The molecule has 0 saturated carbocycles. The van der Waals surface area contributed by atoms with Crippen molar-refractivity contribution in [3.8, 4) is 5.75 Å². The largest absolute Gasteiger partial charge is 0.489 e. The third-order valence-corrected chi connectivity index (χ3v) is 2.08.